The maximum absolute atomic E-state index is 9.68. The first kappa shape index (κ1) is 13.8. The molecule has 0 atom stereocenters. The van der Waals surface area contributed by atoms with Crippen LogP contribution in [0, 0.1) is 13.8 Å². The molecule has 4 nitrogen and oxygen atoms in total. The molecule has 1 N–H and O–H groups in total. The Labute approximate surface area is 124 Å². The van der Waals surface area contributed by atoms with E-state index in [1.807, 2.05) is 41.9 Å². The summed E-state index contributed by atoms with van der Waals surface area (Å²) in [6.45, 7) is 6.15. The molecule has 0 saturated carbocycles. The number of para-hydroxylation sites is 1. The van der Waals surface area contributed by atoms with E-state index in [2.05, 4.69) is 18.9 Å². The molecule has 0 saturated heterocycles. The summed E-state index contributed by atoms with van der Waals surface area (Å²) in [4.78, 5) is 4.71. The van der Waals surface area contributed by atoms with E-state index in [-0.39, 0.29) is 6.61 Å². The summed E-state index contributed by atoms with van der Waals surface area (Å²) in [6, 6.07) is 9.91. The van der Waals surface area contributed by atoms with Crippen LogP contribution in [0.4, 0.5) is 0 Å². The van der Waals surface area contributed by atoms with Crippen molar-refractivity contribution in [2.24, 2.45) is 0 Å². The SMILES string of the molecule is CCc1c(C)nn(-c2nc3ccccc3cc2CO)c1C. The lowest BCUT2D eigenvalue weighted by molar-refractivity contribution is 0.281. The number of nitrogens with zero attached hydrogens (tertiary/aromatic N) is 3. The van der Waals surface area contributed by atoms with Gasteiger partial charge in [-0.05, 0) is 38.0 Å². The topological polar surface area (TPSA) is 50.9 Å². The number of benzene rings is 1. The van der Waals surface area contributed by atoms with E-state index in [0.717, 1.165) is 40.1 Å². The van der Waals surface area contributed by atoms with Crippen molar-refractivity contribution < 1.29 is 5.11 Å². The van der Waals surface area contributed by atoms with Crippen molar-refractivity contribution in [2.45, 2.75) is 33.8 Å². The third kappa shape index (κ3) is 2.21. The van der Waals surface area contributed by atoms with Crippen molar-refractivity contribution in [1.82, 2.24) is 14.8 Å². The average molecular weight is 281 g/mol. The lowest BCUT2D eigenvalue weighted by Gasteiger charge is -2.10. The van der Waals surface area contributed by atoms with Crippen LogP contribution in [0.2, 0.25) is 0 Å². The fourth-order valence-electron chi connectivity index (χ4n) is 2.84. The van der Waals surface area contributed by atoms with E-state index in [9.17, 15) is 5.11 Å². The number of fused-ring (bicyclic) bond motifs is 1. The maximum atomic E-state index is 9.68. The first-order chi connectivity index (χ1) is 10.2. The molecule has 0 amide bonds. The predicted molar refractivity (Wildman–Crippen MR) is 83.6 cm³/mol. The Hall–Kier alpha value is -2.20. The normalized spacial score (nSPS) is 11.2. The third-order valence-electron chi connectivity index (χ3n) is 3.95. The lowest BCUT2D eigenvalue weighted by Crippen LogP contribution is -2.07. The van der Waals surface area contributed by atoms with Gasteiger partial charge in [-0.25, -0.2) is 9.67 Å². The van der Waals surface area contributed by atoms with Gasteiger partial charge in [-0.15, -0.1) is 0 Å². The van der Waals surface area contributed by atoms with Crippen LogP contribution in [0.25, 0.3) is 16.7 Å². The second-order valence-electron chi connectivity index (χ2n) is 5.24. The molecule has 4 heteroatoms. The number of aromatic nitrogens is 3. The number of pyridine rings is 1. The van der Waals surface area contributed by atoms with Gasteiger partial charge in [-0.1, -0.05) is 25.1 Å². The third-order valence-corrected chi connectivity index (χ3v) is 3.95. The number of hydrogen-bond donors (Lipinski definition) is 1. The summed E-state index contributed by atoms with van der Waals surface area (Å²) < 4.78 is 1.85. The van der Waals surface area contributed by atoms with Gasteiger partial charge in [0.25, 0.3) is 0 Å². The summed E-state index contributed by atoms with van der Waals surface area (Å²) >= 11 is 0. The Morgan fingerprint density at radius 2 is 1.95 bits per heavy atom. The van der Waals surface area contributed by atoms with Crippen LogP contribution in [-0.2, 0) is 13.0 Å². The summed E-state index contributed by atoms with van der Waals surface area (Å²) in [7, 11) is 0. The molecule has 108 valence electrons. The maximum Gasteiger partial charge on any atom is 0.159 e. The van der Waals surface area contributed by atoms with Crippen LogP contribution in [0.1, 0.15) is 29.4 Å². The molecule has 2 aromatic heterocycles. The summed E-state index contributed by atoms with van der Waals surface area (Å²) in [5.41, 5.74) is 5.06. The van der Waals surface area contributed by atoms with Gasteiger partial charge < -0.3 is 5.11 Å². The minimum absolute atomic E-state index is 0.0486. The van der Waals surface area contributed by atoms with Crippen LogP contribution >= 0.6 is 0 Å². The Balaban J connectivity index is 2.28. The predicted octanol–water partition coefficient (Wildman–Crippen LogP) is 3.09. The van der Waals surface area contributed by atoms with Crippen molar-refractivity contribution in [3.8, 4) is 5.82 Å². The Kier molecular flexibility index (Phi) is 3.47. The molecule has 0 bridgehead atoms. The highest BCUT2D eigenvalue weighted by atomic mass is 16.3. The number of aliphatic hydroxyl groups is 1. The van der Waals surface area contributed by atoms with Gasteiger partial charge in [-0.2, -0.15) is 5.10 Å². The van der Waals surface area contributed by atoms with Crippen molar-refractivity contribution >= 4 is 10.9 Å². The largest absolute Gasteiger partial charge is 0.392 e. The molecular formula is C17H19N3O. The van der Waals surface area contributed by atoms with Gasteiger partial charge in [0.1, 0.15) is 0 Å². The van der Waals surface area contributed by atoms with Crippen LogP contribution in [0.3, 0.4) is 0 Å². The fraction of sp³-hybridized carbons (Fsp3) is 0.294. The summed E-state index contributed by atoms with van der Waals surface area (Å²) in [6.07, 6.45) is 0.944. The van der Waals surface area contributed by atoms with Crippen LogP contribution in [0.15, 0.2) is 30.3 Å². The van der Waals surface area contributed by atoms with Gasteiger partial charge in [0, 0.05) is 16.6 Å². The zero-order valence-electron chi connectivity index (χ0n) is 12.6. The van der Waals surface area contributed by atoms with Crippen molar-refractivity contribution in [1.29, 1.82) is 0 Å². The van der Waals surface area contributed by atoms with E-state index in [1.54, 1.807) is 0 Å². The smallest absolute Gasteiger partial charge is 0.159 e. The van der Waals surface area contributed by atoms with Crippen LogP contribution in [0.5, 0.6) is 0 Å². The molecule has 3 rings (SSSR count). The zero-order chi connectivity index (χ0) is 15.0. The molecule has 0 fully saturated rings. The van der Waals surface area contributed by atoms with Gasteiger partial charge in [0.05, 0.1) is 17.8 Å². The standard InChI is InChI=1S/C17H19N3O/c1-4-15-11(2)19-20(12(15)3)17-14(10-21)9-13-7-5-6-8-16(13)18-17/h5-9,21H,4,10H2,1-3H3. The van der Waals surface area contributed by atoms with Crippen molar-refractivity contribution in [3.63, 3.8) is 0 Å². The van der Waals surface area contributed by atoms with E-state index in [4.69, 9.17) is 4.98 Å². The Morgan fingerprint density at radius 3 is 2.62 bits per heavy atom. The number of aryl methyl sites for hydroxylation is 1. The second-order valence-corrected chi connectivity index (χ2v) is 5.24. The quantitative estimate of drug-likeness (QED) is 0.802. The summed E-state index contributed by atoms with van der Waals surface area (Å²) in [5.74, 6) is 0.719. The molecule has 2 heterocycles. The molecule has 0 radical (unpaired) electrons. The highest BCUT2D eigenvalue weighted by Crippen LogP contribution is 2.23. The minimum atomic E-state index is -0.0486. The van der Waals surface area contributed by atoms with Gasteiger partial charge in [-0.3, -0.25) is 0 Å². The number of hydrogen-bond acceptors (Lipinski definition) is 3. The second kappa shape index (κ2) is 5.30. The fourth-order valence-corrected chi connectivity index (χ4v) is 2.84. The highest BCUT2D eigenvalue weighted by Gasteiger charge is 2.15. The minimum Gasteiger partial charge on any atom is -0.392 e. The van der Waals surface area contributed by atoms with E-state index < -0.39 is 0 Å². The van der Waals surface area contributed by atoms with Crippen molar-refractivity contribution in [3.05, 3.63) is 52.8 Å². The van der Waals surface area contributed by atoms with Crippen molar-refractivity contribution in [2.75, 3.05) is 0 Å². The van der Waals surface area contributed by atoms with Gasteiger partial charge >= 0.3 is 0 Å². The van der Waals surface area contributed by atoms with Crippen LogP contribution < -0.4 is 0 Å². The molecule has 0 aliphatic rings. The zero-order valence-corrected chi connectivity index (χ0v) is 12.6. The highest BCUT2D eigenvalue weighted by molar-refractivity contribution is 5.80. The molecule has 0 aliphatic carbocycles. The molecule has 3 aromatic rings. The average Bonchev–Trinajstić information content (AvgIpc) is 2.80. The van der Waals surface area contributed by atoms with E-state index in [1.165, 1.54) is 5.56 Å². The van der Waals surface area contributed by atoms with Gasteiger partial charge in [0.15, 0.2) is 5.82 Å². The molecule has 0 aliphatic heterocycles. The molecule has 1 aromatic carbocycles. The first-order valence-corrected chi connectivity index (χ1v) is 7.20. The lowest BCUT2D eigenvalue weighted by atomic mass is 10.1. The molecule has 0 spiro atoms. The molecular weight excluding hydrogens is 262 g/mol. The Bertz CT molecular complexity index is 805. The molecule has 0 unspecified atom stereocenters. The Morgan fingerprint density at radius 1 is 1.19 bits per heavy atom. The summed E-state index contributed by atoms with van der Waals surface area (Å²) in [5, 5.41) is 15.3. The first-order valence-electron chi connectivity index (χ1n) is 7.20. The molecule has 21 heavy (non-hydrogen) atoms. The van der Waals surface area contributed by atoms with E-state index in [0.29, 0.717) is 0 Å². The van der Waals surface area contributed by atoms with Crippen LogP contribution in [-0.4, -0.2) is 19.9 Å². The number of aliphatic hydroxyl groups excluding tert-OH is 1. The number of rotatable bonds is 3. The monoisotopic (exact) mass is 281 g/mol. The van der Waals surface area contributed by atoms with Gasteiger partial charge in [0.2, 0.25) is 0 Å². The van der Waals surface area contributed by atoms with E-state index >= 15 is 0 Å².